The maximum Gasteiger partial charge on any atom is 0.455 e. The summed E-state index contributed by atoms with van der Waals surface area (Å²) in [6.45, 7) is 4.03. The minimum absolute atomic E-state index is 0.0496. The van der Waals surface area contributed by atoms with Crippen LogP contribution >= 0.6 is 0 Å². The zero-order valence-corrected chi connectivity index (χ0v) is 20.1. The van der Waals surface area contributed by atoms with Crippen molar-refractivity contribution >= 4 is 19.0 Å². The molecule has 7 N–H and O–H groups in total. The van der Waals surface area contributed by atoms with E-state index in [4.69, 9.17) is 10.5 Å². The third-order valence-corrected chi connectivity index (χ3v) is 7.92. The SMILES string of the molecule is C[C@@H]1C(B(O)O)C1c1ccc(OC2CN(C(=O)C[C@H]3CC[C@H](NCCN)CC3)C2)c(C(=O)O)c1O. The Bertz CT molecular complexity index is 932. The minimum atomic E-state index is -1.53. The van der Waals surface area contributed by atoms with Crippen molar-refractivity contribution in [3.8, 4) is 11.5 Å². The van der Waals surface area contributed by atoms with Crippen molar-refractivity contribution in [1.82, 2.24) is 10.2 Å². The van der Waals surface area contributed by atoms with Gasteiger partial charge in [-0.15, -0.1) is 0 Å². The van der Waals surface area contributed by atoms with E-state index in [-0.39, 0.29) is 35.2 Å². The standard InChI is InChI=1S/C24H36BN3O7/c1-13-20(22(13)25(33)34)17-6-7-18(21(23(17)30)24(31)32)35-16-11-28(12-16)19(29)10-14-2-4-15(5-3-14)27-9-8-26/h6-7,13-16,20,22,27,30,33-34H,2-5,8-12,26H2,1H3,(H,31,32)/t13-,14-,15-,20?,22?/m0/s1. The van der Waals surface area contributed by atoms with Crippen LogP contribution in [-0.2, 0) is 4.79 Å². The predicted octanol–water partition coefficient (Wildman–Crippen LogP) is 0.754. The maximum absolute atomic E-state index is 12.7. The van der Waals surface area contributed by atoms with Gasteiger partial charge in [0, 0.05) is 31.4 Å². The number of amides is 1. The number of nitrogens with one attached hydrogen (secondary N) is 1. The molecule has 2 unspecified atom stereocenters. The molecule has 0 radical (unpaired) electrons. The fourth-order valence-electron chi connectivity index (χ4n) is 5.73. The van der Waals surface area contributed by atoms with Crippen molar-refractivity contribution in [2.24, 2.45) is 17.6 Å². The Labute approximate surface area is 205 Å². The summed E-state index contributed by atoms with van der Waals surface area (Å²) in [5, 5.41) is 42.8. The van der Waals surface area contributed by atoms with Crippen molar-refractivity contribution in [3.63, 3.8) is 0 Å². The monoisotopic (exact) mass is 489 g/mol. The predicted molar refractivity (Wildman–Crippen MR) is 129 cm³/mol. The van der Waals surface area contributed by atoms with Crippen LogP contribution in [-0.4, -0.2) is 82.5 Å². The number of likely N-dealkylation sites (tertiary alicyclic amines) is 1. The number of nitrogens with zero attached hydrogens (tertiary/aromatic N) is 1. The molecule has 1 amide bonds. The Morgan fingerprint density at radius 2 is 1.89 bits per heavy atom. The first kappa shape index (κ1) is 25.7. The summed E-state index contributed by atoms with van der Waals surface area (Å²) in [7, 11) is -1.53. The highest BCUT2D eigenvalue weighted by Gasteiger charge is 2.55. The second-order valence-electron chi connectivity index (χ2n) is 10.3. The lowest BCUT2D eigenvalue weighted by Crippen LogP contribution is -2.56. The molecule has 2 aliphatic carbocycles. The van der Waals surface area contributed by atoms with E-state index in [0.29, 0.717) is 43.6 Å². The number of benzene rings is 1. The van der Waals surface area contributed by atoms with Gasteiger partial charge in [-0.1, -0.05) is 13.0 Å². The normalized spacial score (nSPS) is 28.3. The van der Waals surface area contributed by atoms with Crippen LogP contribution in [0.15, 0.2) is 12.1 Å². The molecule has 0 bridgehead atoms. The van der Waals surface area contributed by atoms with E-state index in [1.807, 2.05) is 6.92 Å². The largest absolute Gasteiger partial charge is 0.507 e. The van der Waals surface area contributed by atoms with E-state index >= 15 is 0 Å². The Balaban J connectivity index is 1.29. The zero-order valence-electron chi connectivity index (χ0n) is 20.1. The summed E-state index contributed by atoms with van der Waals surface area (Å²) < 4.78 is 5.85. The number of rotatable bonds is 10. The van der Waals surface area contributed by atoms with Crippen LogP contribution in [0.25, 0.3) is 0 Å². The first-order valence-corrected chi connectivity index (χ1v) is 12.5. The van der Waals surface area contributed by atoms with Crippen LogP contribution in [0.5, 0.6) is 11.5 Å². The summed E-state index contributed by atoms with van der Waals surface area (Å²) in [4.78, 5) is 26.3. The molecule has 3 atom stereocenters. The number of nitrogens with two attached hydrogens (primary N) is 1. The smallest absolute Gasteiger partial charge is 0.455 e. The molecule has 1 heterocycles. The lowest BCUT2D eigenvalue weighted by Gasteiger charge is -2.40. The van der Waals surface area contributed by atoms with E-state index in [9.17, 15) is 29.9 Å². The van der Waals surface area contributed by atoms with Crippen LogP contribution in [0.1, 0.15) is 60.9 Å². The van der Waals surface area contributed by atoms with Crippen LogP contribution in [0, 0.1) is 11.8 Å². The summed E-state index contributed by atoms with van der Waals surface area (Å²) in [5.74, 6) is -2.06. The van der Waals surface area contributed by atoms with Crippen molar-refractivity contribution in [1.29, 1.82) is 0 Å². The number of phenols is 1. The number of carbonyl (C=O) groups excluding carboxylic acids is 1. The minimum Gasteiger partial charge on any atom is -0.507 e. The lowest BCUT2D eigenvalue weighted by atomic mass is 9.80. The molecular formula is C24H36BN3O7. The van der Waals surface area contributed by atoms with Crippen LogP contribution in [0.3, 0.4) is 0 Å². The van der Waals surface area contributed by atoms with Gasteiger partial charge in [0.2, 0.25) is 5.91 Å². The molecule has 11 heteroatoms. The van der Waals surface area contributed by atoms with E-state index in [2.05, 4.69) is 5.32 Å². The number of carboxylic acids is 1. The molecule has 0 spiro atoms. The van der Waals surface area contributed by atoms with Gasteiger partial charge in [-0.25, -0.2) is 4.79 Å². The van der Waals surface area contributed by atoms with Crippen molar-refractivity contribution < 1.29 is 34.6 Å². The van der Waals surface area contributed by atoms with E-state index < -0.39 is 24.7 Å². The summed E-state index contributed by atoms with van der Waals surface area (Å²) >= 11 is 0. The fraction of sp³-hybridized carbons (Fsp3) is 0.667. The van der Waals surface area contributed by atoms with Crippen LogP contribution in [0.2, 0.25) is 5.82 Å². The van der Waals surface area contributed by atoms with Crippen molar-refractivity contribution in [2.45, 2.75) is 62.9 Å². The number of carboxylic acid groups (broad SMARTS) is 1. The van der Waals surface area contributed by atoms with Gasteiger partial charge in [-0.3, -0.25) is 4.79 Å². The van der Waals surface area contributed by atoms with E-state index in [1.165, 1.54) is 6.07 Å². The highest BCUT2D eigenvalue weighted by atomic mass is 16.5. The Morgan fingerprint density at radius 3 is 2.46 bits per heavy atom. The molecule has 4 rings (SSSR count). The average molecular weight is 489 g/mol. The molecule has 0 aromatic heterocycles. The Kier molecular flexibility index (Phi) is 7.90. The first-order chi connectivity index (χ1) is 16.7. The van der Waals surface area contributed by atoms with Crippen molar-refractivity contribution in [3.05, 3.63) is 23.3 Å². The number of aromatic hydroxyl groups is 1. The third kappa shape index (κ3) is 5.58. The highest BCUT2D eigenvalue weighted by Crippen LogP contribution is 2.61. The molecule has 10 nitrogen and oxygen atoms in total. The maximum atomic E-state index is 12.7. The molecular weight excluding hydrogens is 453 g/mol. The van der Waals surface area contributed by atoms with E-state index in [0.717, 1.165) is 32.2 Å². The topological polar surface area (TPSA) is 166 Å². The quantitative estimate of drug-likeness (QED) is 0.260. The van der Waals surface area contributed by atoms with Crippen LogP contribution in [0.4, 0.5) is 0 Å². The summed E-state index contributed by atoms with van der Waals surface area (Å²) in [5.41, 5.74) is 5.58. The number of carbonyl (C=O) groups is 2. The first-order valence-electron chi connectivity index (χ1n) is 12.5. The second-order valence-corrected chi connectivity index (χ2v) is 10.3. The van der Waals surface area contributed by atoms with E-state index in [1.54, 1.807) is 11.0 Å². The second kappa shape index (κ2) is 10.7. The van der Waals surface area contributed by atoms with Gasteiger partial charge < -0.3 is 40.9 Å². The molecule has 192 valence electrons. The summed E-state index contributed by atoms with van der Waals surface area (Å²) in [6.07, 6.45) is 4.32. The molecule has 1 aliphatic heterocycles. The van der Waals surface area contributed by atoms with Gasteiger partial charge in [-0.05, 0) is 55.1 Å². The lowest BCUT2D eigenvalue weighted by molar-refractivity contribution is -0.141. The number of hydrogen-bond acceptors (Lipinski definition) is 8. The molecule has 2 saturated carbocycles. The number of ether oxygens (including phenoxy) is 1. The Hall–Kier alpha value is -2.34. The van der Waals surface area contributed by atoms with Gasteiger partial charge in [0.15, 0.2) is 0 Å². The number of aromatic carboxylic acids is 1. The molecule has 1 saturated heterocycles. The van der Waals surface area contributed by atoms with Crippen LogP contribution < -0.4 is 15.8 Å². The van der Waals surface area contributed by atoms with Crippen molar-refractivity contribution in [2.75, 3.05) is 26.2 Å². The Morgan fingerprint density at radius 1 is 1.20 bits per heavy atom. The van der Waals surface area contributed by atoms with Gasteiger partial charge in [0.25, 0.3) is 0 Å². The average Bonchev–Trinajstić information content (AvgIpc) is 3.45. The third-order valence-electron chi connectivity index (χ3n) is 7.92. The van der Waals surface area contributed by atoms with Gasteiger partial charge in [0.05, 0.1) is 13.1 Å². The van der Waals surface area contributed by atoms with Gasteiger partial charge in [0.1, 0.15) is 23.2 Å². The van der Waals surface area contributed by atoms with Gasteiger partial charge >= 0.3 is 13.1 Å². The zero-order chi connectivity index (χ0) is 25.3. The molecule has 35 heavy (non-hydrogen) atoms. The molecule has 3 fully saturated rings. The molecule has 3 aliphatic rings. The number of hydrogen-bond donors (Lipinski definition) is 6. The van der Waals surface area contributed by atoms with Gasteiger partial charge in [-0.2, -0.15) is 0 Å². The summed E-state index contributed by atoms with van der Waals surface area (Å²) in [6, 6.07) is 3.58. The molecule has 1 aromatic carbocycles. The molecule has 1 aromatic rings. The fourth-order valence-corrected chi connectivity index (χ4v) is 5.73. The highest BCUT2D eigenvalue weighted by molar-refractivity contribution is 6.45.